The van der Waals surface area contributed by atoms with E-state index in [9.17, 15) is 4.79 Å². The number of ether oxygens (including phenoxy) is 1. The van der Waals surface area contributed by atoms with Crippen LogP contribution in [0.3, 0.4) is 0 Å². The minimum Gasteiger partial charge on any atom is -0.443 e. The molecule has 4 nitrogen and oxygen atoms in total. The maximum atomic E-state index is 12.4. The van der Waals surface area contributed by atoms with Crippen molar-refractivity contribution in [2.24, 2.45) is 5.73 Å². The molecule has 0 saturated carbocycles. The molecule has 0 unspecified atom stereocenters. The average molecular weight is 262 g/mol. The van der Waals surface area contributed by atoms with Gasteiger partial charge in [-0.2, -0.15) is 0 Å². The van der Waals surface area contributed by atoms with E-state index in [-0.39, 0.29) is 18.2 Å². The van der Waals surface area contributed by atoms with Crippen LogP contribution in [0.15, 0.2) is 24.3 Å². The molecule has 1 aromatic rings. The smallest absolute Gasteiger partial charge is 0.415 e. The highest BCUT2D eigenvalue weighted by atomic mass is 16.6. The van der Waals surface area contributed by atoms with Gasteiger partial charge in [0.2, 0.25) is 0 Å². The summed E-state index contributed by atoms with van der Waals surface area (Å²) in [5, 5.41) is 0. The first-order valence-electron chi connectivity index (χ1n) is 6.66. The lowest BCUT2D eigenvalue weighted by atomic mass is 9.93. The first-order valence-corrected chi connectivity index (χ1v) is 6.66. The van der Waals surface area contributed by atoms with Gasteiger partial charge in [0.1, 0.15) is 5.60 Å². The maximum absolute atomic E-state index is 12.4. The number of carbonyl (C=O) groups is 1. The third-order valence-electron chi connectivity index (χ3n) is 3.22. The fraction of sp³-hybridized carbons (Fsp3) is 0.533. The van der Waals surface area contributed by atoms with Crippen molar-refractivity contribution in [1.82, 2.24) is 0 Å². The number of nitrogens with zero attached hydrogens (tertiary/aromatic N) is 1. The third-order valence-corrected chi connectivity index (χ3v) is 3.22. The van der Waals surface area contributed by atoms with Crippen LogP contribution in [-0.2, 0) is 4.74 Å². The zero-order valence-electron chi connectivity index (χ0n) is 12.0. The minimum absolute atomic E-state index is 0.0233. The molecule has 2 atom stereocenters. The molecule has 1 aromatic carbocycles. The molecule has 2 rings (SSSR count). The normalized spacial score (nSPS) is 22.9. The Morgan fingerprint density at radius 2 is 2.00 bits per heavy atom. The van der Waals surface area contributed by atoms with Crippen LogP contribution in [0.1, 0.15) is 45.7 Å². The molecule has 2 N–H and O–H groups in total. The monoisotopic (exact) mass is 262 g/mol. The molecule has 0 bridgehead atoms. The van der Waals surface area contributed by atoms with Gasteiger partial charge in [-0.05, 0) is 45.7 Å². The lowest BCUT2D eigenvalue weighted by Crippen LogP contribution is -2.46. The number of hydrogen-bond donors (Lipinski definition) is 1. The minimum atomic E-state index is -0.495. The van der Waals surface area contributed by atoms with Gasteiger partial charge in [-0.3, -0.25) is 4.90 Å². The maximum Gasteiger partial charge on any atom is 0.415 e. The van der Waals surface area contributed by atoms with Gasteiger partial charge in [0, 0.05) is 12.1 Å². The topological polar surface area (TPSA) is 55.6 Å². The Balaban J connectivity index is 2.35. The van der Waals surface area contributed by atoms with Crippen LogP contribution in [0.5, 0.6) is 0 Å². The molecule has 1 aliphatic rings. The van der Waals surface area contributed by atoms with Crippen molar-refractivity contribution < 1.29 is 9.53 Å². The van der Waals surface area contributed by atoms with Gasteiger partial charge in [0.05, 0.1) is 5.69 Å². The highest BCUT2D eigenvalue weighted by Gasteiger charge is 2.34. The number of anilines is 1. The standard InChI is InChI=1S/C15H22N2O2/c1-10-9-12(16)11-7-5-6-8-13(11)17(10)14(18)19-15(2,3)4/h5-8,10,12H,9,16H2,1-4H3/t10-,12-/m1/s1. The summed E-state index contributed by atoms with van der Waals surface area (Å²) in [6.45, 7) is 7.62. The van der Waals surface area contributed by atoms with Gasteiger partial charge < -0.3 is 10.5 Å². The summed E-state index contributed by atoms with van der Waals surface area (Å²) in [5.41, 5.74) is 7.52. The molecule has 104 valence electrons. The molecule has 1 amide bonds. The molecule has 0 aliphatic carbocycles. The first kappa shape index (κ1) is 13.9. The van der Waals surface area contributed by atoms with Gasteiger partial charge in [0.25, 0.3) is 0 Å². The number of para-hydroxylation sites is 1. The van der Waals surface area contributed by atoms with E-state index in [1.807, 2.05) is 52.0 Å². The fourth-order valence-corrected chi connectivity index (χ4v) is 2.45. The van der Waals surface area contributed by atoms with Crippen LogP contribution in [-0.4, -0.2) is 17.7 Å². The molecule has 0 radical (unpaired) electrons. The summed E-state index contributed by atoms with van der Waals surface area (Å²) >= 11 is 0. The molecule has 0 saturated heterocycles. The van der Waals surface area contributed by atoms with Crippen molar-refractivity contribution in [2.45, 2.75) is 51.8 Å². The van der Waals surface area contributed by atoms with Gasteiger partial charge in [0.15, 0.2) is 0 Å². The Kier molecular flexibility index (Phi) is 3.54. The van der Waals surface area contributed by atoms with Crippen molar-refractivity contribution in [2.75, 3.05) is 4.90 Å². The van der Waals surface area contributed by atoms with Crippen molar-refractivity contribution >= 4 is 11.8 Å². The molecule has 0 spiro atoms. The lowest BCUT2D eigenvalue weighted by molar-refractivity contribution is 0.0562. The summed E-state index contributed by atoms with van der Waals surface area (Å²) in [7, 11) is 0. The van der Waals surface area contributed by atoms with Crippen molar-refractivity contribution in [3.63, 3.8) is 0 Å². The number of amides is 1. The molecular formula is C15H22N2O2. The summed E-state index contributed by atoms with van der Waals surface area (Å²) in [6.07, 6.45) is 0.440. The lowest BCUT2D eigenvalue weighted by Gasteiger charge is -2.38. The molecule has 0 aromatic heterocycles. The van der Waals surface area contributed by atoms with Gasteiger partial charge in [-0.15, -0.1) is 0 Å². The van der Waals surface area contributed by atoms with Crippen LogP contribution in [0.4, 0.5) is 10.5 Å². The van der Waals surface area contributed by atoms with Gasteiger partial charge in [-0.1, -0.05) is 18.2 Å². The quantitative estimate of drug-likeness (QED) is 0.781. The summed E-state index contributed by atoms with van der Waals surface area (Å²) in [6, 6.07) is 7.78. The molecule has 4 heteroatoms. The number of nitrogens with two attached hydrogens (primary N) is 1. The number of hydrogen-bond acceptors (Lipinski definition) is 3. The Hall–Kier alpha value is -1.55. The fourth-order valence-electron chi connectivity index (χ4n) is 2.45. The molecule has 0 fully saturated rings. The average Bonchev–Trinajstić information content (AvgIpc) is 2.26. The first-order chi connectivity index (χ1) is 8.79. The second kappa shape index (κ2) is 4.85. The van der Waals surface area contributed by atoms with Crippen molar-refractivity contribution in [3.8, 4) is 0 Å². The molecule has 1 aliphatic heterocycles. The number of fused-ring (bicyclic) bond motifs is 1. The highest BCUT2D eigenvalue weighted by Crippen LogP contribution is 2.36. The Morgan fingerprint density at radius 3 is 2.63 bits per heavy atom. The Morgan fingerprint density at radius 1 is 1.37 bits per heavy atom. The Bertz CT molecular complexity index is 479. The van der Waals surface area contributed by atoms with E-state index in [4.69, 9.17) is 10.5 Å². The van der Waals surface area contributed by atoms with Crippen LogP contribution >= 0.6 is 0 Å². The van der Waals surface area contributed by atoms with Crippen LogP contribution < -0.4 is 10.6 Å². The largest absolute Gasteiger partial charge is 0.443 e. The SMILES string of the molecule is C[C@@H]1C[C@@H](N)c2ccccc2N1C(=O)OC(C)(C)C. The van der Waals surface area contributed by atoms with Crippen molar-refractivity contribution in [3.05, 3.63) is 29.8 Å². The van der Waals surface area contributed by atoms with E-state index in [1.54, 1.807) is 4.90 Å². The molecule has 1 heterocycles. The second-order valence-electron chi connectivity index (χ2n) is 6.10. The summed E-state index contributed by atoms with van der Waals surface area (Å²) < 4.78 is 5.49. The van der Waals surface area contributed by atoms with E-state index in [1.165, 1.54) is 0 Å². The second-order valence-corrected chi connectivity index (χ2v) is 6.10. The van der Waals surface area contributed by atoms with E-state index in [2.05, 4.69) is 0 Å². The van der Waals surface area contributed by atoms with Crippen molar-refractivity contribution in [1.29, 1.82) is 0 Å². The molecular weight excluding hydrogens is 240 g/mol. The highest BCUT2D eigenvalue weighted by molar-refractivity contribution is 5.90. The van der Waals surface area contributed by atoms with Crippen LogP contribution in [0, 0.1) is 0 Å². The third kappa shape index (κ3) is 2.89. The predicted octanol–water partition coefficient (Wildman–Crippen LogP) is 3.22. The number of benzene rings is 1. The summed E-state index contributed by atoms with van der Waals surface area (Å²) in [5.74, 6) is 0. The van der Waals surface area contributed by atoms with E-state index >= 15 is 0 Å². The Labute approximate surface area is 114 Å². The zero-order valence-corrected chi connectivity index (χ0v) is 12.0. The number of carbonyl (C=O) groups excluding carboxylic acids is 1. The number of rotatable bonds is 0. The summed E-state index contributed by atoms with van der Waals surface area (Å²) in [4.78, 5) is 14.1. The zero-order chi connectivity index (χ0) is 14.2. The van der Waals surface area contributed by atoms with Crippen LogP contribution in [0.2, 0.25) is 0 Å². The van der Waals surface area contributed by atoms with Gasteiger partial charge in [-0.25, -0.2) is 4.79 Å². The predicted molar refractivity (Wildman–Crippen MR) is 76.2 cm³/mol. The van der Waals surface area contributed by atoms with Gasteiger partial charge >= 0.3 is 6.09 Å². The van der Waals surface area contributed by atoms with Crippen LogP contribution in [0.25, 0.3) is 0 Å². The van der Waals surface area contributed by atoms with E-state index in [0.717, 1.165) is 17.7 Å². The molecule has 19 heavy (non-hydrogen) atoms. The van der Waals surface area contributed by atoms with E-state index < -0.39 is 5.60 Å². The van der Waals surface area contributed by atoms with E-state index in [0.29, 0.717) is 0 Å².